The van der Waals surface area contributed by atoms with Gasteiger partial charge in [-0.05, 0) is 49.2 Å². The molecule has 1 unspecified atom stereocenters. The third-order valence-electron chi connectivity index (χ3n) is 5.50. The van der Waals surface area contributed by atoms with Crippen LogP contribution in [0.1, 0.15) is 38.5 Å². The summed E-state index contributed by atoms with van der Waals surface area (Å²) in [7, 11) is 0. The standard InChI is InChI=1S/C23H24N2O3S/c26-21-15-20(23(28)25(21)18-9-5-2-6-10-18)29-19-13-11-17(12-14-19)24-22(27)16-7-3-1-4-8-16/h2,5-6,9-14,16,20H,1,3-4,7-8,15H2,(H,24,27). The summed E-state index contributed by atoms with van der Waals surface area (Å²) in [6.07, 6.45) is 5.60. The van der Waals surface area contributed by atoms with Gasteiger partial charge in [0, 0.05) is 22.9 Å². The molecule has 0 aromatic heterocycles. The zero-order valence-corrected chi connectivity index (χ0v) is 17.0. The van der Waals surface area contributed by atoms with Gasteiger partial charge in [-0.2, -0.15) is 0 Å². The number of benzene rings is 2. The SMILES string of the molecule is O=C(Nc1ccc(SC2CC(=O)N(c3ccccc3)C2=O)cc1)C1CCCCC1. The lowest BCUT2D eigenvalue weighted by Gasteiger charge is -2.20. The minimum absolute atomic E-state index is 0.0974. The Hall–Kier alpha value is -2.60. The normalized spacial score (nSPS) is 20.1. The molecule has 1 N–H and O–H groups in total. The van der Waals surface area contributed by atoms with Crippen LogP contribution in [0.25, 0.3) is 0 Å². The number of nitrogens with zero attached hydrogens (tertiary/aromatic N) is 1. The first kappa shape index (κ1) is 19.7. The number of carbonyl (C=O) groups is 3. The Bertz CT molecular complexity index is 892. The van der Waals surface area contributed by atoms with E-state index in [4.69, 9.17) is 0 Å². The lowest BCUT2D eigenvalue weighted by molar-refractivity contribution is -0.122. The summed E-state index contributed by atoms with van der Waals surface area (Å²) in [5.74, 6) is -0.139. The summed E-state index contributed by atoms with van der Waals surface area (Å²) in [4.78, 5) is 39.6. The van der Waals surface area contributed by atoms with Crippen molar-refractivity contribution in [1.29, 1.82) is 0 Å². The van der Waals surface area contributed by atoms with Crippen molar-refractivity contribution in [2.75, 3.05) is 10.2 Å². The Balaban J connectivity index is 1.37. The fraction of sp³-hybridized carbons (Fsp3) is 0.348. The van der Waals surface area contributed by atoms with Crippen molar-refractivity contribution in [2.45, 2.75) is 48.7 Å². The first-order valence-corrected chi connectivity index (χ1v) is 11.0. The molecular weight excluding hydrogens is 384 g/mol. The average molecular weight is 409 g/mol. The molecule has 1 aliphatic carbocycles. The molecule has 2 aliphatic rings. The molecule has 1 heterocycles. The first-order chi connectivity index (χ1) is 14.1. The van der Waals surface area contributed by atoms with Crippen molar-refractivity contribution in [3.05, 3.63) is 54.6 Å². The Morgan fingerprint density at radius 2 is 1.62 bits per heavy atom. The molecule has 1 aliphatic heterocycles. The Morgan fingerprint density at radius 1 is 0.931 bits per heavy atom. The van der Waals surface area contributed by atoms with Crippen LogP contribution < -0.4 is 10.2 Å². The van der Waals surface area contributed by atoms with Gasteiger partial charge in [0.05, 0.1) is 10.9 Å². The molecule has 29 heavy (non-hydrogen) atoms. The van der Waals surface area contributed by atoms with Crippen LogP contribution in [-0.4, -0.2) is 23.0 Å². The fourth-order valence-corrected chi connectivity index (χ4v) is 4.99. The molecule has 2 aromatic rings. The van der Waals surface area contributed by atoms with Crippen LogP contribution in [0, 0.1) is 5.92 Å². The predicted octanol–water partition coefficient (Wildman–Crippen LogP) is 4.63. The second kappa shape index (κ2) is 8.82. The van der Waals surface area contributed by atoms with Crippen LogP contribution >= 0.6 is 11.8 Å². The van der Waals surface area contributed by atoms with Gasteiger partial charge in [0.25, 0.3) is 0 Å². The van der Waals surface area contributed by atoms with E-state index in [1.807, 2.05) is 42.5 Å². The van der Waals surface area contributed by atoms with Gasteiger partial charge >= 0.3 is 0 Å². The Kier molecular flexibility index (Phi) is 6.00. The predicted molar refractivity (Wildman–Crippen MR) is 115 cm³/mol. The lowest BCUT2D eigenvalue weighted by atomic mass is 9.88. The zero-order chi connectivity index (χ0) is 20.2. The third kappa shape index (κ3) is 4.53. The second-order valence-corrected chi connectivity index (χ2v) is 8.84. The largest absolute Gasteiger partial charge is 0.326 e. The summed E-state index contributed by atoms with van der Waals surface area (Å²) in [6, 6.07) is 16.5. The van der Waals surface area contributed by atoms with Gasteiger partial charge in [0.15, 0.2) is 0 Å². The van der Waals surface area contributed by atoms with Gasteiger partial charge in [-0.1, -0.05) is 37.5 Å². The number of imide groups is 1. The minimum atomic E-state index is -0.426. The van der Waals surface area contributed by atoms with Crippen molar-refractivity contribution in [3.63, 3.8) is 0 Å². The minimum Gasteiger partial charge on any atom is -0.326 e. The molecule has 1 saturated heterocycles. The van der Waals surface area contributed by atoms with Crippen LogP contribution in [0.3, 0.4) is 0 Å². The average Bonchev–Trinajstić information content (AvgIpc) is 3.03. The van der Waals surface area contributed by atoms with Crippen molar-refractivity contribution in [2.24, 2.45) is 5.92 Å². The number of nitrogens with one attached hydrogen (secondary N) is 1. The van der Waals surface area contributed by atoms with Gasteiger partial charge in [-0.25, -0.2) is 4.90 Å². The number of rotatable bonds is 5. The number of amides is 3. The first-order valence-electron chi connectivity index (χ1n) is 10.1. The van der Waals surface area contributed by atoms with E-state index in [1.54, 1.807) is 12.1 Å². The molecule has 2 aromatic carbocycles. The summed E-state index contributed by atoms with van der Waals surface area (Å²) in [5.41, 5.74) is 1.39. The number of para-hydroxylation sites is 1. The zero-order valence-electron chi connectivity index (χ0n) is 16.2. The van der Waals surface area contributed by atoms with Gasteiger partial charge in [-0.15, -0.1) is 11.8 Å². The number of carbonyl (C=O) groups excluding carboxylic acids is 3. The molecule has 3 amide bonds. The second-order valence-electron chi connectivity index (χ2n) is 7.56. The molecule has 0 spiro atoms. The van der Waals surface area contributed by atoms with E-state index < -0.39 is 5.25 Å². The Labute approximate surface area is 174 Å². The monoisotopic (exact) mass is 408 g/mol. The number of anilines is 2. The molecule has 1 atom stereocenters. The maximum absolute atomic E-state index is 12.7. The molecule has 0 bridgehead atoms. The summed E-state index contributed by atoms with van der Waals surface area (Å²) < 4.78 is 0. The van der Waals surface area contributed by atoms with Crippen LogP contribution in [0.2, 0.25) is 0 Å². The third-order valence-corrected chi connectivity index (χ3v) is 6.69. The quantitative estimate of drug-likeness (QED) is 0.733. The summed E-state index contributed by atoms with van der Waals surface area (Å²) >= 11 is 1.39. The fourth-order valence-electron chi connectivity index (χ4n) is 3.93. The van der Waals surface area contributed by atoms with Crippen molar-refractivity contribution >= 4 is 40.9 Å². The van der Waals surface area contributed by atoms with E-state index in [9.17, 15) is 14.4 Å². The molecule has 6 heteroatoms. The molecular formula is C23H24N2O3S. The van der Waals surface area contributed by atoms with Crippen LogP contribution in [0.4, 0.5) is 11.4 Å². The lowest BCUT2D eigenvalue weighted by Crippen LogP contribution is -2.30. The summed E-state index contributed by atoms with van der Waals surface area (Å²) in [5, 5.41) is 2.57. The van der Waals surface area contributed by atoms with Gasteiger partial charge in [0.2, 0.25) is 17.7 Å². The molecule has 5 nitrogen and oxygen atoms in total. The van der Waals surface area contributed by atoms with Crippen molar-refractivity contribution in [3.8, 4) is 0 Å². The Morgan fingerprint density at radius 3 is 2.31 bits per heavy atom. The van der Waals surface area contributed by atoms with E-state index in [0.29, 0.717) is 5.69 Å². The van der Waals surface area contributed by atoms with Crippen LogP contribution in [0.5, 0.6) is 0 Å². The van der Waals surface area contributed by atoms with E-state index in [-0.39, 0.29) is 30.1 Å². The van der Waals surface area contributed by atoms with Crippen molar-refractivity contribution in [1.82, 2.24) is 0 Å². The maximum Gasteiger partial charge on any atom is 0.247 e. The van der Waals surface area contributed by atoms with E-state index in [2.05, 4.69) is 5.32 Å². The highest BCUT2D eigenvalue weighted by Gasteiger charge is 2.40. The molecule has 4 rings (SSSR count). The highest BCUT2D eigenvalue weighted by atomic mass is 32.2. The van der Waals surface area contributed by atoms with Gasteiger partial charge in [-0.3, -0.25) is 14.4 Å². The molecule has 2 fully saturated rings. The topological polar surface area (TPSA) is 66.5 Å². The van der Waals surface area contributed by atoms with Crippen LogP contribution in [0.15, 0.2) is 59.5 Å². The molecule has 150 valence electrons. The molecule has 1 saturated carbocycles. The number of hydrogen-bond acceptors (Lipinski definition) is 4. The van der Waals surface area contributed by atoms with Gasteiger partial charge in [0.1, 0.15) is 0 Å². The van der Waals surface area contributed by atoms with E-state index >= 15 is 0 Å². The van der Waals surface area contributed by atoms with E-state index in [0.717, 1.165) is 36.3 Å². The van der Waals surface area contributed by atoms with Crippen molar-refractivity contribution < 1.29 is 14.4 Å². The smallest absolute Gasteiger partial charge is 0.247 e. The molecule has 0 radical (unpaired) electrons. The highest BCUT2D eigenvalue weighted by molar-refractivity contribution is 8.00. The highest BCUT2D eigenvalue weighted by Crippen LogP contribution is 2.34. The number of thioether (sulfide) groups is 1. The van der Waals surface area contributed by atoms with Gasteiger partial charge < -0.3 is 5.32 Å². The maximum atomic E-state index is 12.7. The number of hydrogen-bond donors (Lipinski definition) is 1. The summed E-state index contributed by atoms with van der Waals surface area (Å²) in [6.45, 7) is 0. The van der Waals surface area contributed by atoms with Crippen LogP contribution in [-0.2, 0) is 14.4 Å². The van der Waals surface area contributed by atoms with E-state index in [1.165, 1.54) is 23.1 Å².